The van der Waals surface area contributed by atoms with Gasteiger partial charge in [-0.1, -0.05) is 25.6 Å². The molecule has 1 heterocycles. The Hall–Kier alpha value is -1.17. The van der Waals surface area contributed by atoms with Gasteiger partial charge in [-0.25, -0.2) is 0 Å². The lowest BCUT2D eigenvalue weighted by Crippen LogP contribution is -2.43. The number of hydrogen-bond acceptors (Lipinski definition) is 3. The molecule has 4 N–H and O–H groups in total. The van der Waals surface area contributed by atoms with Crippen LogP contribution in [0.5, 0.6) is 0 Å². The van der Waals surface area contributed by atoms with E-state index in [4.69, 9.17) is 23.7 Å². The van der Waals surface area contributed by atoms with Gasteiger partial charge in [-0.3, -0.25) is 9.59 Å². The summed E-state index contributed by atoms with van der Waals surface area (Å²) in [5, 5.41) is 0. The number of primary amides is 1. The predicted molar refractivity (Wildman–Crippen MR) is 73.7 cm³/mol. The first-order valence-corrected chi connectivity index (χ1v) is 6.60. The molecule has 0 radical (unpaired) electrons. The number of nitrogens with two attached hydrogens (primary N) is 2. The Balaban J connectivity index is 2.74. The molecule has 0 aromatic heterocycles. The molecule has 18 heavy (non-hydrogen) atoms. The molecule has 2 atom stereocenters. The van der Waals surface area contributed by atoms with E-state index in [0.29, 0.717) is 25.9 Å². The van der Waals surface area contributed by atoms with Crippen LogP contribution in [0.25, 0.3) is 0 Å². The standard InChI is InChI=1S/C12H21N3O2S/c1-3-4-8(9(13)18)10(16)15-6-5-12(2,7-15)11(14)17/h8H,3-7H2,1-2H3,(H2,13,18)(H2,14,17). The molecule has 5 nitrogen and oxygen atoms in total. The molecule has 1 rings (SSSR count). The topological polar surface area (TPSA) is 89.4 Å². The minimum absolute atomic E-state index is 0.0747. The molecule has 1 aliphatic heterocycles. The second kappa shape index (κ2) is 5.65. The van der Waals surface area contributed by atoms with Gasteiger partial charge in [0.15, 0.2) is 0 Å². The van der Waals surface area contributed by atoms with E-state index in [0.717, 1.165) is 6.42 Å². The Bertz CT molecular complexity index is 372. The molecule has 0 aromatic rings. The average molecular weight is 271 g/mol. The van der Waals surface area contributed by atoms with Crippen LogP contribution in [0.4, 0.5) is 0 Å². The van der Waals surface area contributed by atoms with Crippen molar-refractivity contribution >= 4 is 29.0 Å². The Labute approximate surface area is 113 Å². The molecular weight excluding hydrogens is 250 g/mol. The summed E-state index contributed by atoms with van der Waals surface area (Å²) in [5.74, 6) is -0.852. The van der Waals surface area contributed by atoms with Crippen molar-refractivity contribution in [2.75, 3.05) is 13.1 Å². The summed E-state index contributed by atoms with van der Waals surface area (Å²) in [6.45, 7) is 4.68. The highest BCUT2D eigenvalue weighted by atomic mass is 32.1. The Morgan fingerprint density at radius 3 is 2.44 bits per heavy atom. The van der Waals surface area contributed by atoms with Gasteiger partial charge in [-0.15, -0.1) is 0 Å². The number of hydrogen-bond donors (Lipinski definition) is 2. The number of carbonyl (C=O) groups excluding carboxylic acids is 2. The molecule has 6 heteroatoms. The van der Waals surface area contributed by atoms with Crippen molar-refractivity contribution in [3.8, 4) is 0 Å². The summed E-state index contributed by atoms with van der Waals surface area (Å²) < 4.78 is 0. The molecule has 1 saturated heterocycles. The molecule has 2 unspecified atom stereocenters. The van der Waals surface area contributed by atoms with Gasteiger partial charge in [-0.2, -0.15) is 0 Å². The molecule has 102 valence electrons. The summed E-state index contributed by atoms with van der Waals surface area (Å²) >= 11 is 4.94. The van der Waals surface area contributed by atoms with Crippen molar-refractivity contribution in [3.63, 3.8) is 0 Å². The number of carbonyl (C=O) groups is 2. The van der Waals surface area contributed by atoms with E-state index >= 15 is 0 Å². The number of rotatable bonds is 5. The molecule has 2 amide bonds. The van der Waals surface area contributed by atoms with Gasteiger partial charge in [0.05, 0.1) is 16.3 Å². The van der Waals surface area contributed by atoms with E-state index < -0.39 is 11.3 Å². The molecule has 0 bridgehead atoms. The van der Waals surface area contributed by atoms with Crippen molar-refractivity contribution in [2.45, 2.75) is 33.1 Å². The van der Waals surface area contributed by atoms with Crippen LogP contribution in [0.2, 0.25) is 0 Å². The van der Waals surface area contributed by atoms with Gasteiger partial charge in [0, 0.05) is 13.1 Å². The zero-order valence-corrected chi connectivity index (χ0v) is 11.8. The van der Waals surface area contributed by atoms with Crippen molar-refractivity contribution in [1.82, 2.24) is 4.90 Å². The molecule has 1 aliphatic rings. The third-order valence-electron chi connectivity index (χ3n) is 3.60. The monoisotopic (exact) mass is 271 g/mol. The third kappa shape index (κ3) is 2.98. The molecule has 0 spiro atoms. The fourth-order valence-corrected chi connectivity index (χ4v) is 2.47. The number of amides is 2. The zero-order chi connectivity index (χ0) is 13.9. The van der Waals surface area contributed by atoms with Crippen LogP contribution in [0, 0.1) is 11.3 Å². The summed E-state index contributed by atoms with van der Waals surface area (Å²) in [6, 6.07) is 0. The number of likely N-dealkylation sites (tertiary alicyclic amines) is 1. The normalized spacial score (nSPS) is 24.9. The summed E-state index contributed by atoms with van der Waals surface area (Å²) in [7, 11) is 0. The first kappa shape index (κ1) is 14.9. The maximum Gasteiger partial charge on any atom is 0.232 e. The minimum atomic E-state index is -0.622. The molecule has 0 aliphatic carbocycles. The van der Waals surface area contributed by atoms with Crippen LogP contribution < -0.4 is 11.5 Å². The van der Waals surface area contributed by atoms with E-state index in [9.17, 15) is 9.59 Å². The highest BCUT2D eigenvalue weighted by Gasteiger charge is 2.42. The second-order valence-electron chi connectivity index (χ2n) is 5.18. The van der Waals surface area contributed by atoms with E-state index in [1.54, 1.807) is 11.8 Å². The van der Waals surface area contributed by atoms with Gasteiger partial charge >= 0.3 is 0 Å². The smallest absolute Gasteiger partial charge is 0.232 e. The molecule has 0 aromatic carbocycles. The fourth-order valence-electron chi connectivity index (χ4n) is 2.25. The Morgan fingerprint density at radius 1 is 1.44 bits per heavy atom. The molecule has 1 fully saturated rings. The second-order valence-corrected chi connectivity index (χ2v) is 5.65. The lowest BCUT2D eigenvalue weighted by molar-refractivity contribution is -0.133. The summed E-state index contributed by atoms with van der Waals surface area (Å²) in [4.78, 5) is 25.5. The van der Waals surface area contributed by atoms with Gasteiger partial charge in [0.2, 0.25) is 11.8 Å². The maximum atomic E-state index is 12.3. The van der Waals surface area contributed by atoms with E-state index in [2.05, 4.69) is 0 Å². The van der Waals surface area contributed by atoms with Crippen molar-refractivity contribution in [2.24, 2.45) is 22.8 Å². The molecular formula is C12H21N3O2S. The fraction of sp³-hybridized carbons (Fsp3) is 0.750. The van der Waals surface area contributed by atoms with Crippen LogP contribution >= 0.6 is 12.2 Å². The first-order valence-electron chi connectivity index (χ1n) is 6.20. The van der Waals surface area contributed by atoms with Crippen LogP contribution in [-0.2, 0) is 9.59 Å². The summed E-state index contributed by atoms with van der Waals surface area (Å²) in [5.41, 5.74) is 10.4. The van der Waals surface area contributed by atoms with Gasteiger partial charge in [0.1, 0.15) is 0 Å². The van der Waals surface area contributed by atoms with E-state index in [-0.39, 0.29) is 16.8 Å². The quantitative estimate of drug-likeness (QED) is 0.709. The number of nitrogens with zero attached hydrogens (tertiary/aromatic N) is 1. The van der Waals surface area contributed by atoms with Crippen LogP contribution in [0.1, 0.15) is 33.1 Å². The number of thiocarbonyl (C=S) groups is 1. The van der Waals surface area contributed by atoms with Crippen LogP contribution in [-0.4, -0.2) is 34.8 Å². The lowest BCUT2D eigenvalue weighted by atomic mass is 9.89. The predicted octanol–water partition coefficient (Wildman–Crippen LogP) is 0.413. The largest absolute Gasteiger partial charge is 0.393 e. The Kier molecular flexibility index (Phi) is 4.67. The zero-order valence-electron chi connectivity index (χ0n) is 10.9. The maximum absolute atomic E-state index is 12.3. The lowest BCUT2D eigenvalue weighted by Gasteiger charge is -2.24. The van der Waals surface area contributed by atoms with Gasteiger partial charge in [0.25, 0.3) is 0 Å². The van der Waals surface area contributed by atoms with Crippen molar-refractivity contribution < 1.29 is 9.59 Å². The molecule has 0 saturated carbocycles. The van der Waals surface area contributed by atoms with Crippen LogP contribution in [0.15, 0.2) is 0 Å². The minimum Gasteiger partial charge on any atom is -0.393 e. The third-order valence-corrected chi connectivity index (χ3v) is 3.88. The van der Waals surface area contributed by atoms with E-state index in [1.807, 2.05) is 6.92 Å². The summed E-state index contributed by atoms with van der Waals surface area (Å²) in [6.07, 6.45) is 2.09. The average Bonchev–Trinajstić information content (AvgIpc) is 2.69. The van der Waals surface area contributed by atoms with Gasteiger partial charge < -0.3 is 16.4 Å². The SMILES string of the molecule is CCCC(C(=O)N1CCC(C)(C(N)=O)C1)C(N)=S. The van der Waals surface area contributed by atoms with Crippen LogP contribution in [0.3, 0.4) is 0 Å². The van der Waals surface area contributed by atoms with Crippen molar-refractivity contribution in [3.05, 3.63) is 0 Å². The van der Waals surface area contributed by atoms with Gasteiger partial charge in [-0.05, 0) is 19.8 Å². The highest BCUT2D eigenvalue weighted by molar-refractivity contribution is 7.80. The first-order chi connectivity index (χ1) is 8.31. The van der Waals surface area contributed by atoms with E-state index in [1.165, 1.54) is 0 Å². The van der Waals surface area contributed by atoms with Crippen molar-refractivity contribution in [1.29, 1.82) is 0 Å². The Morgan fingerprint density at radius 2 is 2.06 bits per heavy atom. The highest BCUT2D eigenvalue weighted by Crippen LogP contribution is 2.30.